The van der Waals surface area contributed by atoms with Crippen molar-refractivity contribution in [2.24, 2.45) is 5.92 Å². The molecule has 1 nitrogen and oxygen atoms in total. The highest BCUT2D eigenvalue weighted by Gasteiger charge is 2.24. The number of halogens is 2. The Bertz CT molecular complexity index is 130. The third-order valence-electron chi connectivity index (χ3n) is 2.56. The molecule has 1 fully saturated rings. The van der Waals surface area contributed by atoms with Gasteiger partial charge < -0.3 is 4.90 Å². The van der Waals surface area contributed by atoms with Crippen molar-refractivity contribution in [3.63, 3.8) is 0 Å². The minimum Gasteiger partial charge on any atom is -0.300 e. The lowest BCUT2D eigenvalue weighted by molar-refractivity contribution is 0.0940. The van der Waals surface area contributed by atoms with Gasteiger partial charge in [0.2, 0.25) is 0 Å². The van der Waals surface area contributed by atoms with Crippen molar-refractivity contribution in [2.75, 3.05) is 24.1 Å². The summed E-state index contributed by atoms with van der Waals surface area (Å²) in [5.74, 6) is 0.279. The van der Waals surface area contributed by atoms with Gasteiger partial charge in [-0.05, 0) is 31.8 Å². The molecule has 0 aliphatic carbocycles. The average Bonchev–Trinajstić information content (AvgIpc) is 2.07. The Hall–Kier alpha value is 0.620. The minimum absolute atomic E-state index is 0.279. The minimum atomic E-state index is -0.590. The molecule has 72 valence electrons. The number of hydrogen-bond donors (Lipinski definition) is 0. The highest BCUT2D eigenvalue weighted by Crippen LogP contribution is 2.19. The maximum atomic E-state index is 13.2. The molecule has 1 heterocycles. The van der Waals surface area contributed by atoms with Crippen LogP contribution in [0.3, 0.4) is 0 Å². The highest BCUT2D eigenvalue weighted by molar-refractivity contribution is 14.1. The topological polar surface area (TPSA) is 3.24 Å². The molecule has 1 aliphatic heterocycles. The number of rotatable bonds is 3. The molecule has 0 N–H and O–H groups in total. The van der Waals surface area contributed by atoms with Gasteiger partial charge in [-0.3, -0.25) is 0 Å². The second kappa shape index (κ2) is 5.37. The number of alkyl halides is 2. The van der Waals surface area contributed by atoms with Gasteiger partial charge in [0.1, 0.15) is 6.17 Å². The molecule has 0 aromatic rings. The van der Waals surface area contributed by atoms with Gasteiger partial charge in [-0.25, -0.2) is 4.39 Å². The summed E-state index contributed by atoms with van der Waals surface area (Å²) in [6, 6.07) is 0. The largest absolute Gasteiger partial charge is 0.300 e. The van der Waals surface area contributed by atoms with Crippen molar-refractivity contribution in [3.8, 4) is 0 Å². The van der Waals surface area contributed by atoms with Crippen LogP contribution < -0.4 is 0 Å². The number of hydrogen-bond acceptors (Lipinski definition) is 1. The van der Waals surface area contributed by atoms with Gasteiger partial charge in [0.15, 0.2) is 0 Å². The predicted octanol–water partition coefficient (Wildman–Crippen LogP) is 2.49. The van der Waals surface area contributed by atoms with Crippen LogP contribution in [-0.2, 0) is 0 Å². The van der Waals surface area contributed by atoms with E-state index in [1.54, 1.807) is 0 Å². The van der Waals surface area contributed by atoms with Gasteiger partial charge in [0.25, 0.3) is 0 Å². The van der Waals surface area contributed by atoms with E-state index in [-0.39, 0.29) is 5.92 Å². The van der Waals surface area contributed by atoms with Crippen LogP contribution in [0.1, 0.15) is 19.8 Å². The molecule has 3 heteroatoms. The van der Waals surface area contributed by atoms with Gasteiger partial charge in [0.05, 0.1) is 0 Å². The van der Waals surface area contributed by atoms with Crippen LogP contribution in [0.15, 0.2) is 0 Å². The first-order chi connectivity index (χ1) is 5.74. The smallest absolute Gasteiger partial charge is 0.115 e. The molecule has 0 spiro atoms. The monoisotopic (exact) mass is 285 g/mol. The normalized spacial score (nSPS) is 32.2. The fraction of sp³-hybridized carbons (Fsp3) is 1.00. The maximum Gasteiger partial charge on any atom is 0.115 e. The molecular formula is C9H17FIN. The lowest BCUT2D eigenvalue weighted by atomic mass is 9.97. The molecule has 1 aliphatic rings. The number of piperidine rings is 1. The molecule has 0 amide bonds. The third-order valence-corrected chi connectivity index (χ3v) is 3.32. The van der Waals surface area contributed by atoms with Crippen molar-refractivity contribution in [1.82, 2.24) is 4.90 Å². The first-order valence-electron chi connectivity index (χ1n) is 4.66. The van der Waals surface area contributed by atoms with E-state index in [0.29, 0.717) is 6.54 Å². The Balaban J connectivity index is 2.21. The zero-order chi connectivity index (χ0) is 8.97. The fourth-order valence-electron chi connectivity index (χ4n) is 1.57. The lowest BCUT2D eigenvalue weighted by Gasteiger charge is -2.32. The van der Waals surface area contributed by atoms with Crippen molar-refractivity contribution in [3.05, 3.63) is 0 Å². The zero-order valence-corrected chi connectivity index (χ0v) is 9.76. The summed E-state index contributed by atoms with van der Waals surface area (Å²) in [4.78, 5) is 2.25. The molecule has 0 bridgehead atoms. The van der Waals surface area contributed by atoms with Crippen LogP contribution in [0.2, 0.25) is 0 Å². The summed E-state index contributed by atoms with van der Waals surface area (Å²) in [5, 5.41) is 0. The quantitative estimate of drug-likeness (QED) is 0.569. The highest BCUT2D eigenvalue weighted by atomic mass is 127. The van der Waals surface area contributed by atoms with E-state index in [9.17, 15) is 4.39 Å². The summed E-state index contributed by atoms with van der Waals surface area (Å²) in [5.41, 5.74) is 0. The SMILES string of the molecule is CC1CCN(CCCI)CC1F. The van der Waals surface area contributed by atoms with Gasteiger partial charge in [-0.1, -0.05) is 29.5 Å². The average molecular weight is 285 g/mol. The number of nitrogens with zero attached hydrogens (tertiary/aromatic N) is 1. The van der Waals surface area contributed by atoms with Crippen molar-refractivity contribution < 1.29 is 4.39 Å². The van der Waals surface area contributed by atoms with Crippen LogP contribution in [-0.4, -0.2) is 35.1 Å². The van der Waals surface area contributed by atoms with Crippen molar-refractivity contribution in [1.29, 1.82) is 0 Å². The van der Waals surface area contributed by atoms with E-state index >= 15 is 0 Å². The van der Waals surface area contributed by atoms with E-state index in [1.807, 2.05) is 6.92 Å². The van der Waals surface area contributed by atoms with E-state index in [4.69, 9.17) is 0 Å². The second-order valence-electron chi connectivity index (χ2n) is 3.63. The van der Waals surface area contributed by atoms with E-state index in [0.717, 1.165) is 19.5 Å². The van der Waals surface area contributed by atoms with Gasteiger partial charge in [-0.2, -0.15) is 0 Å². The Morgan fingerprint density at radius 2 is 2.33 bits per heavy atom. The molecule has 1 saturated heterocycles. The Kier molecular flexibility index (Phi) is 4.79. The van der Waals surface area contributed by atoms with E-state index < -0.39 is 6.17 Å². The van der Waals surface area contributed by atoms with Gasteiger partial charge >= 0.3 is 0 Å². The standard InChI is InChI=1S/C9H17FIN/c1-8-3-6-12(5-2-4-11)7-9(8)10/h8-9H,2-7H2,1H3. The summed E-state index contributed by atoms with van der Waals surface area (Å²) < 4.78 is 14.4. The van der Waals surface area contributed by atoms with Crippen molar-refractivity contribution in [2.45, 2.75) is 25.9 Å². The molecule has 0 radical (unpaired) electrons. The molecule has 0 aromatic carbocycles. The van der Waals surface area contributed by atoms with Gasteiger partial charge in [0, 0.05) is 11.0 Å². The molecule has 12 heavy (non-hydrogen) atoms. The maximum absolute atomic E-state index is 13.2. The molecule has 0 saturated carbocycles. The third kappa shape index (κ3) is 3.17. The Morgan fingerprint density at radius 3 is 2.92 bits per heavy atom. The van der Waals surface area contributed by atoms with Crippen LogP contribution in [0.25, 0.3) is 0 Å². The summed E-state index contributed by atoms with van der Waals surface area (Å²) in [7, 11) is 0. The van der Waals surface area contributed by atoms with Crippen LogP contribution in [0.5, 0.6) is 0 Å². The number of likely N-dealkylation sites (tertiary alicyclic amines) is 1. The van der Waals surface area contributed by atoms with Crippen LogP contribution >= 0.6 is 22.6 Å². The summed E-state index contributed by atoms with van der Waals surface area (Å²) in [6.07, 6.45) is 1.64. The molecule has 1 rings (SSSR count). The first-order valence-corrected chi connectivity index (χ1v) is 6.19. The van der Waals surface area contributed by atoms with Crippen LogP contribution in [0, 0.1) is 5.92 Å². The fourth-order valence-corrected chi connectivity index (χ4v) is 1.91. The molecule has 2 unspecified atom stereocenters. The Morgan fingerprint density at radius 1 is 1.58 bits per heavy atom. The molecule has 2 atom stereocenters. The zero-order valence-electron chi connectivity index (χ0n) is 7.60. The lowest BCUT2D eigenvalue weighted by Crippen LogP contribution is -2.41. The molecule has 0 aromatic heterocycles. The molecular weight excluding hydrogens is 268 g/mol. The van der Waals surface area contributed by atoms with Crippen molar-refractivity contribution >= 4 is 22.6 Å². The summed E-state index contributed by atoms with van der Waals surface area (Å²) >= 11 is 2.37. The summed E-state index contributed by atoms with van der Waals surface area (Å²) in [6.45, 7) is 4.85. The predicted molar refractivity (Wildman–Crippen MR) is 58.6 cm³/mol. The van der Waals surface area contributed by atoms with E-state index in [1.165, 1.54) is 10.8 Å². The van der Waals surface area contributed by atoms with Gasteiger partial charge in [-0.15, -0.1) is 0 Å². The van der Waals surface area contributed by atoms with E-state index in [2.05, 4.69) is 27.5 Å². The second-order valence-corrected chi connectivity index (χ2v) is 4.70. The Labute approximate surface area is 87.8 Å². The van der Waals surface area contributed by atoms with Crippen LogP contribution in [0.4, 0.5) is 4.39 Å². The first kappa shape index (κ1) is 10.7.